The summed E-state index contributed by atoms with van der Waals surface area (Å²) in [5, 5.41) is 32.9. The summed E-state index contributed by atoms with van der Waals surface area (Å²) >= 11 is 0.695. The van der Waals surface area contributed by atoms with Crippen molar-refractivity contribution in [1.29, 1.82) is 0 Å². The van der Waals surface area contributed by atoms with Gasteiger partial charge in [0, 0.05) is 23.2 Å². The Bertz CT molecular complexity index is 1680. The summed E-state index contributed by atoms with van der Waals surface area (Å²) in [5.41, 5.74) is 5.00. The highest BCUT2D eigenvalue weighted by molar-refractivity contribution is 7.21. The number of carbonyl (C=O) groups is 2. The molecule has 4 heterocycles. The summed E-state index contributed by atoms with van der Waals surface area (Å²) in [5.74, 6) is -2.89. The van der Waals surface area contributed by atoms with E-state index in [2.05, 4.69) is 20.5 Å². The van der Waals surface area contributed by atoms with E-state index in [0.29, 0.717) is 29.1 Å². The fourth-order valence-electron chi connectivity index (χ4n) is 4.09. The van der Waals surface area contributed by atoms with Crippen LogP contribution in [0.4, 0.5) is 26.0 Å². The maximum Gasteiger partial charge on any atom is 0.468 e. The van der Waals surface area contributed by atoms with Gasteiger partial charge in [0.15, 0.2) is 0 Å². The van der Waals surface area contributed by atoms with Gasteiger partial charge in [0.05, 0.1) is 21.9 Å². The monoisotopic (exact) mass is 563 g/mol. The molecule has 0 aliphatic carbocycles. The van der Waals surface area contributed by atoms with E-state index >= 15 is 0 Å². The minimum absolute atomic E-state index is 0.00269. The molecule has 0 aliphatic rings. The number of fused-ring (bicyclic) bond motifs is 1. The van der Waals surface area contributed by atoms with Crippen LogP contribution in [-0.2, 0) is 17.9 Å². The Labute approximate surface area is 220 Å². The molecule has 0 fully saturated rings. The summed E-state index contributed by atoms with van der Waals surface area (Å²) in [4.78, 5) is 49.6. The lowest BCUT2D eigenvalue weighted by Crippen LogP contribution is -2.22. The Morgan fingerprint density at radius 2 is 1.85 bits per heavy atom. The molecule has 0 radical (unpaired) electrons. The number of amides is 2. The number of aromatic nitrogens is 5. The molecular formula is C21H19F2N9O6S. The minimum Gasteiger partial charge on any atom is -0.365 e. The highest BCUT2D eigenvalue weighted by atomic mass is 32.1. The first kappa shape index (κ1) is 27.2. The molecule has 0 saturated carbocycles. The molecule has 0 spiro atoms. The average molecular weight is 564 g/mol. The highest BCUT2D eigenvalue weighted by Gasteiger charge is 2.36. The summed E-state index contributed by atoms with van der Waals surface area (Å²) in [6.07, 6.45) is -1.48. The molecule has 0 saturated heterocycles. The zero-order valence-electron chi connectivity index (χ0n) is 20.5. The van der Waals surface area contributed by atoms with Crippen LogP contribution in [0.1, 0.15) is 40.1 Å². The zero-order chi connectivity index (χ0) is 28.8. The number of nitrogens with two attached hydrogens (primary N) is 1. The van der Waals surface area contributed by atoms with Gasteiger partial charge >= 0.3 is 11.5 Å². The summed E-state index contributed by atoms with van der Waals surface area (Å²) < 4.78 is 29.8. The van der Waals surface area contributed by atoms with Gasteiger partial charge in [-0.05, 0) is 37.3 Å². The van der Waals surface area contributed by atoms with Crippen LogP contribution >= 0.6 is 11.3 Å². The van der Waals surface area contributed by atoms with Crippen molar-refractivity contribution in [2.75, 3.05) is 5.32 Å². The number of nitrogens with zero attached hydrogens (tertiary/aromatic N) is 7. The smallest absolute Gasteiger partial charge is 0.365 e. The average Bonchev–Trinajstić information content (AvgIpc) is 3.52. The van der Waals surface area contributed by atoms with E-state index in [-0.39, 0.29) is 32.0 Å². The lowest BCUT2D eigenvalue weighted by atomic mass is 10.0. The van der Waals surface area contributed by atoms with Crippen LogP contribution in [0.5, 0.6) is 0 Å². The molecule has 3 N–H and O–H groups in total. The number of pyridine rings is 1. The number of primary amides is 1. The molecule has 4 aromatic rings. The van der Waals surface area contributed by atoms with E-state index in [0.717, 1.165) is 10.7 Å². The predicted molar refractivity (Wildman–Crippen MR) is 134 cm³/mol. The number of anilines is 1. The standard InChI is InChI=1S/C21H19F2N9O6S/c1-4-29-8(2)11(6-25-29)10-5-12(18(22)23)26-21-14(10)15(17(39-21)19(24)34)27-13(33)7-30-9(3)16(31(35)36)20(28-30)32(37)38/h5-6,18H,4,7H2,1-3H3,(H2,24,34)(H,27,33). The fraction of sp³-hybridized carbons (Fsp3) is 0.286. The first-order valence-electron chi connectivity index (χ1n) is 11.1. The number of alkyl halides is 2. The van der Waals surface area contributed by atoms with E-state index in [4.69, 9.17) is 5.73 Å². The minimum atomic E-state index is -2.94. The van der Waals surface area contributed by atoms with Crippen molar-refractivity contribution in [2.24, 2.45) is 5.73 Å². The highest BCUT2D eigenvalue weighted by Crippen LogP contribution is 2.43. The summed E-state index contributed by atoms with van der Waals surface area (Å²) in [6.45, 7) is 4.52. The molecule has 4 rings (SSSR count). The first-order valence-corrected chi connectivity index (χ1v) is 11.9. The molecule has 4 aromatic heterocycles. The van der Waals surface area contributed by atoms with Crippen molar-refractivity contribution in [1.82, 2.24) is 24.5 Å². The largest absolute Gasteiger partial charge is 0.468 e. The number of halogens is 2. The Kier molecular flexibility index (Phi) is 7.05. The summed E-state index contributed by atoms with van der Waals surface area (Å²) in [7, 11) is 0. The third kappa shape index (κ3) is 4.76. The molecule has 0 atom stereocenters. The van der Waals surface area contributed by atoms with E-state index in [1.54, 1.807) is 11.6 Å². The van der Waals surface area contributed by atoms with Gasteiger partial charge in [-0.15, -0.1) is 11.3 Å². The van der Waals surface area contributed by atoms with Crippen LogP contribution in [0.3, 0.4) is 0 Å². The summed E-state index contributed by atoms with van der Waals surface area (Å²) in [6, 6.07) is 1.13. The third-order valence-corrected chi connectivity index (χ3v) is 6.99. The lowest BCUT2D eigenvalue weighted by Gasteiger charge is -2.11. The Morgan fingerprint density at radius 3 is 2.36 bits per heavy atom. The molecule has 204 valence electrons. The fourth-order valence-corrected chi connectivity index (χ4v) is 5.10. The molecule has 0 aromatic carbocycles. The van der Waals surface area contributed by atoms with Gasteiger partial charge < -0.3 is 21.2 Å². The van der Waals surface area contributed by atoms with E-state index in [9.17, 15) is 38.6 Å². The second kappa shape index (κ2) is 10.1. The first-order chi connectivity index (χ1) is 18.3. The van der Waals surface area contributed by atoms with Crippen LogP contribution in [-0.4, -0.2) is 46.2 Å². The number of rotatable bonds is 9. The third-order valence-electron chi connectivity index (χ3n) is 5.89. The Morgan fingerprint density at radius 1 is 1.15 bits per heavy atom. The van der Waals surface area contributed by atoms with Gasteiger partial charge in [-0.25, -0.2) is 13.8 Å². The molecule has 0 unspecified atom stereocenters. The van der Waals surface area contributed by atoms with Crippen LogP contribution in [0, 0.1) is 34.1 Å². The normalized spacial score (nSPS) is 11.3. The van der Waals surface area contributed by atoms with Crippen LogP contribution in [0.25, 0.3) is 21.3 Å². The maximum absolute atomic E-state index is 13.7. The van der Waals surface area contributed by atoms with E-state index in [1.165, 1.54) is 13.1 Å². The zero-order valence-corrected chi connectivity index (χ0v) is 21.3. The maximum atomic E-state index is 13.7. The Balaban J connectivity index is 1.86. The molecular weight excluding hydrogens is 544 g/mol. The second-order valence-corrected chi connectivity index (χ2v) is 9.18. The number of thiophene rings is 1. The van der Waals surface area contributed by atoms with Crippen molar-refractivity contribution in [3.05, 3.63) is 54.5 Å². The SMILES string of the molecule is CCn1ncc(-c2cc(C(F)F)nc3sc(C(N)=O)c(NC(=O)Cn4nc([N+](=O)[O-])c([N+](=O)[O-])c4C)c23)c1C. The second-order valence-electron chi connectivity index (χ2n) is 8.18. The van der Waals surface area contributed by atoms with Crippen LogP contribution in [0.2, 0.25) is 0 Å². The molecule has 2 amide bonds. The Hall–Kier alpha value is -4.87. The molecule has 0 aliphatic heterocycles. The quantitative estimate of drug-likeness (QED) is 0.225. The van der Waals surface area contributed by atoms with Crippen molar-refractivity contribution in [2.45, 2.75) is 40.3 Å². The van der Waals surface area contributed by atoms with Gasteiger partial charge in [-0.2, -0.15) is 9.78 Å². The molecule has 39 heavy (non-hydrogen) atoms. The van der Waals surface area contributed by atoms with Crippen LogP contribution < -0.4 is 11.1 Å². The van der Waals surface area contributed by atoms with E-state index in [1.807, 2.05) is 6.92 Å². The number of hydrogen-bond acceptors (Lipinski definition) is 10. The number of aryl methyl sites for hydroxylation is 1. The van der Waals surface area contributed by atoms with Crippen LogP contribution in [0.15, 0.2) is 12.3 Å². The van der Waals surface area contributed by atoms with Gasteiger partial charge in [0.25, 0.3) is 12.3 Å². The molecule has 15 nitrogen and oxygen atoms in total. The number of carbonyl (C=O) groups excluding carboxylic acids is 2. The topological polar surface area (TPSA) is 207 Å². The molecule has 18 heteroatoms. The molecule has 0 bridgehead atoms. The van der Waals surface area contributed by atoms with Gasteiger partial charge in [-0.1, -0.05) is 0 Å². The predicted octanol–water partition coefficient (Wildman–Crippen LogP) is 3.48. The number of nitro groups is 2. The van der Waals surface area contributed by atoms with E-state index < -0.39 is 51.8 Å². The lowest BCUT2D eigenvalue weighted by molar-refractivity contribution is -0.424. The number of nitrogens with one attached hydrogen (secondary N) is 1. The van der Waals surface area contributed by atoms with Crippen molar-refractivity contribution in [3.63, 3.8) is 0 Å². The van der Waals surface area contributed by atoms with Gasteiger partial charge in [0.1, 0.15) is 27.6 Å². The van der Waals surface area contributed by atoms with Gasteiger partial charge in [0.2, 0.25) is 5.91 Å². The van der Waals surface area contributed by atoms with Crippen molar-refractivity contribution < 1.29 is 28.2 Å². The van der Waals surface area contributed by atoms with Crippen molar-refractivity contribution in [3.8, 4) is 11.1 Å². The van der Waals surface area contributed by atoms with Crippen molar-refractivity contribution >= 4 is 50.6 Å². The number of hydrogen-bond donors (Lipinski definition) is 2. The van der Waals surface area contributed by atoms with Gasteiger partial charge in [-0.3, -0.25) is 24.4 Å².